The summed E-state index contributed by atoms with van der Waals surface area (Å²) in [5.41, 5.74) is 14.2. The van der Waals surface area contributed by atoms with Crippen LogP contribution in [0.2, 0.25) is 0 Å². The lowest BCUT2D eigenvalue weighted by atomic mass is 9.93. The highest BCUT2D eigenvalue weighted by molar-refractivity contribution is 5.96. The lowest BCUT2D eigenvalue weighted by molar-refractivity contribution is -0.140. The average molecular weight is 765 g/mol. The van der Waals surface area contributed by atoms with Gasteiger partial charge in [0.05, 0.1) is 6.54 Å². The minimum atomic E-state index is -1.12. The van der Waals surface area contributed by atoms with Gasteiger partial charge < -0.3 is 52.5 Å². The van der Waals surface area contributed by atoms with Crippen molar-refractivity contribution in [1.82, 2.24) is 26.2 Å². The van der Waals surface area contributed by atoms with Gasteiger partial charge in [0.25, 0.3) is 0 Å². The highest BCUT2D eigenvalue weighted by Gasteiger charge is 2.33. The summed E-state index contributed by atoms with van der Waals surface area (Å²) in [7, 11) is 1.58. The number of nitrogens with two attached hydrogens (primary N) is 2. The van der Waals surface area contributed by atoms with E-state index >= 15 is 0 Å². The molecule has 55 heavy (non-hydrogen) atoms. The van der Waals surface area contributed by atoms with Crippen molar-refractivity contribution in [2.24, 2.45) is 11.5 Å². The molecular formula is C41H64N8O6. The lowest BCUT2D eigenvalue weighted by Gasteiger charge is -2.30. The fraction of sp³-hybridized carbons (Fsp3) is 0.585. The van der Waals surface area contributed by atoms with Crippen molar-refractivity contribution >= 4 is 29.3 Å². The van der Waals surface area contributed by atoms with Crippen molar-refractivity contribution in [1.29, 1.82) is 5.41 Å². The van der Waals surface area contributed by atoms with Crippen molar-refractivity contribution in [2.45, 2.75) is 103 Å². The number of carbonyl (C=O) groups excluding carboxylic acids is 4. The Balaban J connectivity index is 1.98. The van der Waals surface area contributed by atoms with Crippen LogP contribution in [-0.4, -0.2) is 99.3 Å². The topological polar surface area (TPSA) is 214 Å². The van der Waals surface area contributed by atoms with E-state index in [1.54, 1.807) is 38.2 Å². The molecule has 14 heteroatoms. The van der Waals surface area contributed by atoms with Gasteiger partial charge in [-0.05, 0) is 62.2 Å². The summed E-state index contributed by atoms with van der Waals surface area (Å²) in [6.45, 7) is 7.57. The van der Waals surface area contributed by atoms with E-state index in [0.29, 0.717) is 40.3 Å². The summed E-state index contributed by atoms with van der Waals surface area (Å²) >= 11 is 0. The Kier molecular flexibility index (Phi) is 19.6. The highest BCUT2D eigenvalue weighted by Crippen LogP contribution is 2.40. The summed E-state index contributed by atoms with van der Waals surface area (Å²) in [6, 6.07) is 7.49. The molecule has 0 radical (unpaired) electrons. The molecule has 304 valence electrons. The van der Waals surface area contributed by atoms with E-state index in [1.807, 2.05) is 12.1 Å². The molecule has 0 aliphatic carbocycles. The number of fused-ring (bicyclic) bond motifs is 5. The minimum absolute atomic E-state index is 0.0139. The first kappa shape index (κ1) is 44.9. The molecule has 1 aliphatic heterocycles. The fourth-order valence-electron chi connectivity index (χ4n) is 6.45. The van der Waals surface area contributed by atoms with Crippen molar-refractivity contribution in [3.8, 4) is 22.6 Å². The number of carbonyl (C=O) groups is 4. The number of ether oxygens (including phenoxy) is 2. The lowest BCUT2D eigenvalue weighted by Crippen LogP contribution is -2.55. The molecule has 0 saturated heterocycles. The molecule has 3 rings (SSSR count). The number of likely N-dealkylation sites (N-methyl/N-ethyl adjacent to an activating group) is 1. The zero-order chi connectivity index (χ0) is 40.2. The number of hydrogen-bond acceptors (Lipinski definition) is 10. The third kappa shape index (κ3) is 14.6. The Morgan fingerprint density at radius 2 is 1.49 bits per heavy atom. The van der Waals surface area contributed by atoms with Crippen LogP contribution in [0.25, 0.3) is 11.1 Å². The fourth-order valence-corrected chi connectivity index (χ4v) is 6.45. The van der Waals surface area contributed by atoms with Gasteiger partial charge in [-0.3, -0.25) is 19.2 Å². The first-order valence-electron chi connectivity index (χ1n) is 19.8. The maximum atomic E-state index is 14.2. The Labute approximate surface area is 326 Å². The van der Waals surface area contributed by atoms with Crippen LogP contribution in [0.3, 0.4) is 0 Å². The van der Waals surface area contributed by atoms with Gasteiger partial charge in [0.15, 0.2) is 0 Å². The van der Waals surface area contributed by atoms with Crippen LogP contribution in [-0.2, 0) is 25.6 Å². The van der Waals surface area contributed by atoms with Gasteiger partial charge in [-0.15, -0.1) is 0 Å². The molecule has 1 heterocycles. The second-order valence-corrected chi connectivity index (χ2v) is 14.2. The summed E-state index contributed by atoms with van der Waals surface area (Å²) in [5.74, 6) is -0.918. The van der Waals surface area contributed by atoms with Gasteiger partial charge in [0, 0.05) is 56.4 Å². The summed E-state index contributed by atoms with van der Waals surface area (Å²) in [4.78, 5) is 56.2. The molecule has 2 aromatic rings. The second kappa shape index (κ2) is 24.1. The molecule has 0 fully saturated rings. The number of rotatable bonds is 22. The quantitative estimate of drug-likeness (QED) is 0.0691. The van der Waals surface area contributed by atoms with Crippen LogP contribution in [0.1, 0.15) is 95.7 Å². The first-order valence-corrected chi connectivity index (χ1v) is 19.8. The maximum absolute atomic E-state index is 14.2. The number of unbranched alkanes of at least 4 members (excludes halogenated alkanes) is 7. The normalized spacial score (nSPS) is 17.0. The Bertz CT molecular complexity index is 1570. The zero-order valence-electron chi connectivity index (χ0n) is 33.3. The predicted octanol–water partition coefficient (Wildman–Crippen LogP) is 3.35. The van der Waals surface area contributed by atoms with E-state index in [0.717, 1.165) is 19.4 Å². The SMILES string of the molecule is CCCCCCCCCCNCCC(=O)N(C)C1C(=O)NC(C)C(=O)NC(C(=O)NCC(C)=N)Cc2ccc(OCCN)c(c2)-c2cc1ccc2OCCN. The van der Waals surface area contributed by atoms with Gasteiger partial charge in [0.1, 0.15) is 42.8 Å². The number of nitrogens with zero attached hydrogens (tertiary/aromatic N) is 1. The molecule has 4 amide bonds. The number of nitrogens with one attached hydrogen (secondary N) is 5. The maximum Gasteiger partial charge on any atom is 0.248 e. The van der Waals surface area contributed by atoms with Gasteiger partial charge in [-0.2, -0.15) is 0 Å². The molecule has 1 aliphatic rings. The van der Waals surface area contributed by atoms with Crippen LogP contribution >= 0.6 is 0 Å². The van der Waals surface area contributed by atoms with Crippen LogP contribution in [0.5, 0.6) is 11.5 Å². The van der Waals surface area contributed by atoms with Crippen molar-refractivity contribution < 1.29 is 28.7 Å². The van der Waals surface area contributed by atoms with Crippen molar-refractivity contribution in [2.75, 3.05) is 53.0 Å². The molecule has 14 nitrogen and oxygen atoms in total. The smallest absolute Gasteiger partial charge is 0.248 e. The van der Waals surface area contributed by atoms with E-state index in [4.69, 9.17) is 26.4 Å². The molecule has 0 spiro atoms. The zero-order valence-corrected chi connectivity index (χ0v) is 33.3. The monoisotopic (exact) mass is 764 g/mol. The van der Waals surface area contributed by atoms with Crippen LogP contribution < -0.4 is 42.2 Å². The predicted molar refractivity (Wildman–Crippen MR) is 216 cm³/mol. The van der Waals surface area contributed by atoms with Gasteiger partial charge in [-0.1, -0.05) is 64.0 Å². The summed E-state index contributed by atoms with van der Waals surface area (Å²) in [6.07, 6.45) is 10.0. The van der Waals surface area contributed by atoms with Crippen LogP contribution in [0, 0.1) is 5.41 Å². The van der Waals surface area contributed by atoms with Gasteiger partial charge in [-0.25, -0.2) is 0 Å². The molecule has 0 saturated carbocycles. The molecule has 0 aromatic heterocycles. The molecule has 4 bridgehead atoms. The Morgan fingerprint density at radius 3 is 2.13 bits per heavy atom. The number of benzene rings is 2. The number of hydrogen-bond donors (Lipinski definition) is 7. The van der Waals surface area contributed by atoms with Crippen LogP contribution in [0.15, 0.2) is 36.4 Å². The third-order valence-electron chi connectivity index (χ3n) is 9.51. The standard InChI is InChI=1S/C41H64N8O6/c1-5-6-7-8-9-10-11-12-20-45-21-17-37(50)49(4)38-31-14-16-36(55-23-19-43)33(26-31)32-24-30(13-15-35(32)54-22-18-42)25-34(40(52)46-27-28(2)44)48-39(51)29(3)47-41(38)53/h13-16,24,26,29,34,38,44-45H,5-12,17-23,25,27,42-43H2,1-4H3,(H,46,52)(H,47,53)(H,48,51). The first-order chi connectivity index (χ1) is 26.5. The Hall–Kier alpha value is -4.53. The van der Waals surface area contributed by atoms with Gasteiger partial charge in [0.2, 0.25) is 23.6 Å². The third-order valence-corrected chi connectivity index (χ3v) is 9.51. The largest absolute Gasteiger partial charge is 0.492 e. The van der Waals surface area contributed by atoms with Crippen molar-refractivity contribution in [3.63, 3.8) is 0 Å². The molecule has 2 aromatic carbocycles. The van der Waals surface area contributed by atoms with E-state index in [9.17, 15) is 19.2 Å². The summed E-state index contributed by atoms with van der Waals surface area (Å²) in [5, 5.41) is 19.4. The molecule has 3 unspecified atom stereocenters. The van der Waals surface area contributed by atoms with Crippen LogP contribution in [0.4, 0.5) is 0 Å². The average Bonchev–Trinajstić information content (AvgIpc) is 3.17. The van der Waals surface area contributed by atoms with Gasteiger partial charge >= 0.3 is 0 Å². The summed E-state index contributed by atoms with van der Waals surface area (Å²) < 4.78 is 12.2. The molecule has 3 atom stereocenters. The molecular weight excluding hydrogens is 701 g/mol. The van der Waals surface area contributed by atoms with Crippen molar-refractivity contribution in [3.05, 3.63) is 47.5 Å². The highest BCUT2D eigenvalue weighted by atomic mass is 16.5. The van der Waals surface area contributed by atoms with E-state index in [-0.39, 0.29) is 57.3 Å². The number of amides is 4. The minimum Gasteiger partial charge on any atom is -0.492 e. The van der Waals surface area contributed by atoms with E-state index in [1.165, 1.54) is 50.3 Å². The second-order valence-electron chi connectivity index (χ2n) is 14.2. The van der Waals surface area contributed by atoms with E-state index in [2.05, 4.69) is 28.2 Å². The molecule has 9 N–H and O–H groups in total. The Morgan fingerprint density at radius 1 is 0.873 bits per heavy atom. The van der Waals surface area contributed by atoms with E-state index < -0.39 is 35.8 Å².